The predicted octanol–water partition coefficient (Wildman–Crippen LogP) is 0.841. The van der Waals surface area contributed by atoms with E-state index in [1.807, 2.05) is 0 Å². The van der Waals surface area contributed by atoms with Crippen LogP contribution in [0.3, 0.4) is 0 Å². The van der Waals surface area contributed by atoms with Crippen molar-refractivity contribution >= 4 is 11.7 Å². The normalized spacial score (nSPS) is 11.9. The zero-order valence-electron chi connectivity index (χ0n) is 7.43. The fourth-order valence-corrected chi connectivity index (χ4v) is 1.03. The first kappa shape index (κ1) is 10.3. The van der Waals surface area contributed by atoms with Crippen LogP contribution >= 0.6 is 0 Å². The number of hydrogen-bond donors (Lipinski definition) is 1. The molecule has 0 aromatic carbocycles. The summed E-state index contributed by atoms with van der Waals surface area (Å²) in [5.41, 5.74) is -1.15. The lowest BCUT2D eigenvalue weighted by Gasteiger charge is -2.03. The van der Waals surface area contributed by atoms with Gasteiger partial charge in [-0.05, 0) is 6.07 Å². The molecule has 2 aromatic heterocycles. The summed E-state index contributed by atoms with van der Waals surface area (Å²) in [5, 5.41) is 11.9. The summed E-state index contributed by atoms with van der Waals surface area (Å²) in [6.07, 6.45) is -3.65. The van der Waals surface area contributed by atoms with Crippen molar-refractivity contribution in [1.82, 2.24) is 19.6 Å². The second-order valence-electron chi connectivity index (χ2n) is 2.80. The SMILES string of the molecule is O=C(O)c1nc2nc(C(F)(F)F)ccn2n1. The molecule has 0 aliphatic heterocycles. The molecular weight excluding hydrogens is 229 g/mol. The van der Waals surface area contributed by atoms with Crippen molar-refractivity contribution in [3.05, 3.63) is 23.8 Å². The van der Waals surface area contributed by atoms with E-state index in [0.717, 1.165) is 10.7 Å². The van der Waals surface area contributed by atoms with Gasteiger partial charge in [-0.1, -0.05) is 0 Å². The maximum Gasteiger partial charge on any atom is 0.433 e. The molecule has 6 nitrogen and oxygen atoms in total. The summed E-state index contributed by atoms with van der Waals surface area (Å²) < 4.78 is 37.6. The molecule has 2 rings (SSSR count). The molecule has 9 heteroatoms. The molecule has 0 aliphatic rings. The van der Waals surface area contributed by atoms with E-state index in [1.165, 1.54) is 0 Å². The first-order valence-corrected chi connectivity index (χ1v) is 3.92. The number of fused-ring (bicyclic) bond motifs is 1. The Morgan fingerprint density at radius 1 is 1.38 bits per heavy atom. The van der Waals surface area contributed by atoms with Crippen LogP contribution < -0.4 is 0 Å². The third-order valence-electron chi connectivity index (χ3n) is 1.69. The number of aromatic nitrogens is 4. The average molecular weight is 232 g/mol. The molecule has 84 valence electrons. The molecule has 0 fully saturated rings. The van der Waals surface area contributed by atoms with Crippen LogP contribution in [0.2, 0.25) is 0 Å². The van der Waals surface area contributed by atoms with Gasteiger partial charge in [-0.2, -0.15) is 18.2 Å². The largest absolute Gasteiger partial charge is 0.475 e. The number of alkyl halides is 3. The van der Waals surface area contributed by atoms with Gasteiger partial charge in [0.25, 0.3) is 11.6 Å². The summed E-state index contributed by atoms with van der Waals surface area (Å²) in [5.74, 6) is -2.45. The molecule has 1 N–H and O–H groups in total. The van der Waals surface area contributed by atoms with Crippen LogP contribution in [0.25, 0.3) is 5.78 Å². The summed E-state index contributed by atoms with van der Waals surface area (Å²) in [7, 11) is 0. The molecule has 0 spiro atoms. The monoisotopic (exact) mass is 232 g/mol. The number of halogens is 3. The minimum atomic E-state index is -4.60. The highest BCUT2D eigenvalue weighted by Crippen LogP contribution is 2.27. The molecule has 0 radical (unpaired) electrons. The number of carboxylic acids is 1. The van der Waals surface area contributed by atoms with Gasteiger partial charge in [0.05, 0.1) is 0 Å². The van der Waals surface area contributed by atoms with Crippen LogP contribution in [-0.2, 0) is 6.18 Å². The molecule has 0 saturated heterocycles. The molecule has 0 saturated carbocycles. The van der Waals surface area contributed by atoms with Gasteiger partial charge >= 0.3 is 12.1 Å². The van der Waals surface area contributed by atoms with E-state index in [-0.39, 0.29) is 0 Å². The Hall–Kier alpha value is -2.19. The van der Waals surface area contributed by atoms with Gasteiger partial charge in [0.1, 0.15) is 5.69 Å². The smallest absolute Gasteiger partial charge is 0.433 e. The number of aromatic carboxylic acids is 1. The zero-order chi connectivity index (χ0) is 11.9. The fourth-order valence-electron chi connectivity index (χ4n) is 1.03. The van der Waals surface area contributed by atoms with E-state index in [1.54, 1.807) is 0 Å². The van der Waals surface area contributed by atoms with Crippen molar-refractivity contribution in [2.45, 2.75) is 6.18 Å². The standard InChI is InChI=1S/C7H3F3N4O2/c8-7(9,10)3-1-2-14-6(11-3)12-4(13-14)5(15)16/h1-2H,(H,15,16). The zero-order valence-corrected chi connectivity index (χ0v) is 7.43. The van der Waals surface area contributed by atoms with Crippen LogP contribution in [0.1, 0.15) is 16.3 Å². The lowest BCUT2D eigenvalue weighted by molar-refractivity contribution is -0.141. The van der Waals surface area contributed by atoms with Crippen LogP contribution in [0.4, 0.5) is 13.2 Å². The maximum atomic E-state index is 12.2. The summed E-state index contributed by atoms with van der Waals surface area (Å²) in [4.78, 5) is 16.9. The number of carbonyl (C=O) groups is 1. The topological polar surface area (TPSA) is 80.4 Å². The maximum absolute atomic E-state index is 12.2. The van der Waals surface area contributed by atoms with Crippen molar-refractivity contribution in [2.24, 2.45) is 0 Å². The van der Waals surface area contributed by atoms with E-state index in [4.69, 9.17) is 5.11 Å². The average Bonchev–Trinajstić information content (AvgIpc) is 2.58. The third kappa shape index (κ3) is 1.66. The van der Waals surface area contributed by atoms with Crippen molar-refractivity contribution in [3.8, 4) is 0 Å². The molecule has 0 atom stereocenters. The highest BCUT2D eigenvalue weighted by atomic mass is 19.4. The van der Waals surface area contributed by atoms with Crippen LogP contribution in [0.15, 0.2) is 12.3 Å². The fraction of sp³-hybridized carbons (Fsp3) is 0.143. The summed E-state index contributed by atoms with van der Waals surface area (Å²) in [6, 6.07) is 0.688. The van der Waals surface area contributed by atoms with Crippen LogP contribution in [0, 0.1) is 0 Å². The van der Waals surface area contributed by atoms with Crippen LogP contribution in [0.5, 0.6) is 0 Å². The summed E-state index contributed by atoms with van der Waals surface area (Å²) in [6.45, 7) is 0. The Morgan fingerprint density at radius 3 is 2.62 bits per heavy atom. The molecule has 0 bridgehead atoms. The van der Waals surface area contributed by atoms with E-state index in [0.29, 0.717) is 6.07 Å². The highest BCUT2D eigenvalue weighted by molar-refractivity contribution is 5.83. The minimum absolute atomic E-state index is 0.410. The second-order valence-corrected chi connectivity index (χ2v) is 2.80. The van der Waals surface area contributed by atoms with Crippen molar-refractivity contribution in [1.29, 1.82) is 0 Å². The van der Waals surface area contributed by atoms with Gasteiger partial charge in [-0.25, -0.2) is 14.3 Å². The molecular formula is C7H3F3N4O2. The second kappa shape index (κ2) is 3.15. The first-order chi connectivity index (χ1) is 7.38. The third-order valence-corrected chi connectivity index (χ3v) is 1.69. The Labute approximate surface area is 85.4 Å². The molecule has 2 heterocycles. The van der Waals surface area contributed by atoms with Gasteiger partial charge in [-0.3, -0.25) is 0 Å². The number of hydrogen-bond acceptors (Lipinski definition) is 4. The summed E-state index contributed by atoms with van der Waals surface area (Å²) >= 11 is 0. The van der Waals surface area contributed by atoms with Gasteiger partial charge in [0.2, 0.25) is 0 Å². The Kier molecular flexibility index (Phi) is 2.04. The van der Waals surface area contributed by atoms with E-state index in [2.05, 4.69) is 15.1 Å². The predicted molar refractivity (Wildman–Crippen MR) is 42.7 cm³/mol. The quantitative estimate of drug-likeness (QED) is 0.787. The van der Waals surface area contributed by atoms with E-state index >= 15 is 0 Å². The van der Waals surface area contributed by atoms with Crippen LogP contribution in [-0.4, -0.2) is 30.7 Å². The highest BCUT2D eigenvalue weighted by Gasteiger charge is 2.33. The van der Waals surface area contributed by atoms with E-state index in [9.17, 15) is 18.0 Å². The van der Waals surface area contributed by atoms with E-state index < -0.39 is 29.4 Å². The Morgan fingerprint density at radius 2 is 2.06 bits per heavy atom. The van der Waals surface area contributed by atoms with Crippen molar-refractivity contribution in [2.75, 3.05) is 0 Å². The molecule has 2 aromatic rings. The minimum Gasteiger partial charge on any atom is -0.475 e. The van der Waals surface area contributed by atoms with Gasteiger partial charge in [0, 0.05) is 6.20 Å². The van der Waals surface area contributed by atoms with Crippen molar-refractivity contribution in [3.63, 3.8) is 0 Å². The van der Waals surface area contributed by atoms with Gasteiger partial charge in [-0.15, -0.1) is 5.10 Å². The molecule has 16 heavy (non-hydrogen) atoms. The first-order valence-electron chi connectivity index (χ1n) is 3.92. The number of carboxylic acid groups (broad SMARTS) is 1. The number of nitrogens with zero attached hydrogens (tertiary/aromatic N) is 4. The Bertz CT molecular complexity index is 562. The lowest BCUT2D eigenvalue weighted by Crippen LogP contribution is -2.09. The van der Waals surface area contributed by atoms with Gasteiger partial charge < -0.3 is 5.11 Å². The molecule has 0 aliphatic carbocycles. The molecule has 0 unspecified atom stereocenters. The lowest BCUT2D eigenvalue weighted by atomic mass is 10.4. The van der Waals surface area contributed by atoms with Crippen molar-refractivity contribution < 1.29 is 23.1 Å². The Balaban J connectivity index is 2.58. The number of rotatable bonds is 1. The molecule has 0 amide bonds. The van der Waals surface area contributed by atoms with Gasteiger partial charge in [0.15, 0.2) is 0 Å².